The van der Waals surface area contributed by atoms with Crippen LogP contribution in [0.2, 0.25) is 5.15 Å². The van der Waals surface area contributed by atoms with Gasteiger partial charge in [0.2, 0.25) is 0 Å². The standard InChI is InChI=1S/C13H8ClN4/c14-12-7-11(17-18-15)13-9-4-2-1-3-8(9)5-6-10(13)16-12/h1-7H,(H-,15,16,17)/q-1. The van der Waals surface area contributed by atoms with Crippen molar-refractivity contribution in [3.8, 4) is 0 Å². The molecule has 18 heavy (non-hydrogen) atoms. The van der Waals surface area contributed by atoms with E-state index in [1.807, 2.05) is 36.4 Å². The largest absolute Gasteiger partial charge is 0.386 e. The van der Waals surface area contributed by atoms with Gasteiger partial charge in [0.15, 0.2) is 0 Å². The highest BCUT2D eigenvalue weighted by molar-refractivity contribution is 6.30. The zero-order valence-corrected chi connectivity index (χ0v) is 10.0. The smallest absolute Gasteiger partial charge is 0.130 e. The highest BCUT2D eigenvalue weighted by Crippen LogP contribution is 2.32. The number of pyridine rings is 1. The van der Waals surface area contributed by atoms with Gasteiger partial charge in [-0.05, 0) is 28.6 Å². The van der Waals surface area contributed by atoms with Gasteiger partial charge in [0.05, 0.1) is 5.52 Å². The van der Waals surface area contributed by atoms with E-state index < -0.39 is 0 Å². The van der Waals surface area contributed by atoms with Gasteiger partial charge in [-0.3, -0.25) is 5.22 Å². The molecule has 2 aromatic carbocycles. The molecule has 1 heterocycles. The number of anilines is 1. The fraction of sp³-hybridized carbons (Fsp3) is 0. The van der Waals surface area contributed by atoms with Crippen LogP contribution in [0.4, 0.5) is 5.69 Å². The summed E-state index contributed by atoms with van der Waals surface area (Å²) >= 11 is 5.94. The average Bonchev–Trinajstić information content (AvgIpc) is 2.38. The lowest BCUT2D eigenvalue weighted by Crippen LogP contribution is -1.91. The summed E-state index contributed by atoms with van der Waals surface area (Å²) in [5.74, 6) is 0. The third-order valence-electron chi connectivity index (χ3n) is 2.84. The van der Waals surface area contributed by atoms with E-state index >= 15 is 0 Å². The second kappa shape index (κ2) is 4.23. The molecule has 0 bridgehead atoms. The van der Waals surface area contributed by atoms with Crippen LogP contribution in [0.1, 0.15) is 0 Å². The Morgan fingerprint density at radius 2 is 2.00 bits per heavy atom. The van der Waals surface area contributed by atoms with E-state index in [9.17, 15) is 0 Å². The maximum Gasteiger partial charge on any atom is 0.130 e. The molecule has 0 atom stereocenters. The van der Waals surface area contributed by atoms with Crippen molar-refractivity contribution in [3.05, 3.63) is 53.1 Å². The van der Waals surface area contributed by atoms with Gasteiger partial charge in [-0.25, -0.2) is 4.98 Å². The van der Waals surface area contributed by atoms with Crippen LogP contribution >= 0.6 is 11.6 Å². The molecule has 0 unspecified atom stereocenters. The van der Waals surface area contributed by atoms with E-state index in [4.69, 9.17) is 17.1 Å². The van der Waals surface area contributed by atoms with E-state index in [2.05, 4.69) is 15.6 Å². The monoisotopic (exact) mass is 255 g/mol. The number of rotatable bonds is 2. The molecule has 0 aliphatic rings. The average molecular weight is 256 g/mol. The van der Waals surface area contributed by atoms with Crippen molar-refractivity contribution >= 4 is 39.0 Å². The van der Waals surface area contributed by atoms with Crippen molar-refractivity contribution in [1.29, 1.82) is 0 Å². The molecule has 1 aromatic heterocycles. The normalized spacial score (nSPS) is 10.7. The van der Waals surface area contributed by atoms with Gasteiger partial charge >= 0.3 is 0 Å². The third kappa shape index (κ3) is 1.67. The quantitative estimate of drug-likeness (QED) is 0.319. The second-order valence-corrected chi connectivity index (χ2v) is 4.27. The Morgan fingerprint density at radius 1 is 1.17 bits per heavy atom. The molecule has 0 saturated carbocycles. The van der Waals surface area contributed by atoms with Gasteiger partial charge < -0.3 is 11.0 Å². The molecule has 4 nitrogen and oxygen atoms in total. The Balaban J connectivity index is 2.50. The zero-order valence-electron chi connectivity index (χ0n) is 9.26. The summed E-state index contributed by atoms with van der Waals surface area (Å²) in [7, 11) is 0. The van der Waals surface area contributed by atoms with Crippen LogP contribution < -0.4 is 5.43 Å². The number of hydrogen-bond acceptors (Lipinski definition) is 2. The summed E-state index contributed by atoms with van der Waals surface area (Å²) in [6, 6.07) is 13.5. The minimum Gasteiger partial charge on any atom is -0.386 e. The summed E-state index contributed by atoms with van der Waals surface area (Å²) < 4.78 is 0. The van der Waals surface area contributed by atoms with Crippen molar-refractivity contribution in [2.75, 3.05) is 5.43 Å². The Labute approximate surface area is 108 Å². The van der Waals surface area contributed by atoms with E-state index in [1.165, 1.54) is 0 Å². The first-order chi connectivity index (χ1) is 8.79. The lowest BCUT2D eigenvalue weighted by molar-refractivity contribution is 1.31. The molecule has 3 aromatic rings. The van der Waals surface area contributed by atoms with Crippen LogP contribution in [0, 0.1) is 0 Å². The first kappa shape index (κ1) is 10.9. The lowest BCUT2D eigenvalue weighted by atomic mass is 10.0. The number of nitrogens with zero attached hydrogens (tertiary/aromatic N) is 3. The van der Waals surface area contributed by atoms with Crippen molar-refractivity contribution in [3.63, 3.8) is 0 Å². The van der Waals surface area contributed by atoms with E-state index in [0.717, 1.165) is 21.7 Å². The van der Waals surface area contributed by atoms with Crippen LogP contribution in [-0.4, -0.2) is 4.98 Å². The predicted octanol–water partition coefficient (Wildman–Crippen LogP) is 4.39. The Bertz CT molecular complexity index is 754. The molecule has 0 fully saturated rings. The van der Waals surface area contributed by atoms with Crippen molar-refractivity contribution in [2.45, 2.75) is 0 Å². The van der Waals surface area contributed by atoms with Crippen molar-refractivity contribution in [2.24, 2.45) is 5.22 Å². The SMILES string of the molecule is [N-]=NNc1cc(Cl)nc2ccc3ccccc3c12. The molecule has 0 amide bonds. The molecule has 0 spiro atoms. The zero-order chi connectivity index (χ0) is 12.5. The lowest BCUT2D eigenvalue weighted by Gasteiger charge is -2.13. The Hall–Kier alpha value is -2.20. The van der Waals surface area contributed by atoms with Crippen LogP contribution in [-0.2, 0) is 0 Å². The first-order valence-corrected chi connectivity index (χ1v) is 5.75. The summed E-state index contributed by atoms with van der Waals surface area (Å²) in [6.45, 7) is 0. The van der Waals surface area contributed by atoms with E-state index in [-0.39, 0.29) is 0 Å². The first-order valence-electron chi connectivity index (χ1n) is 5.38. The van der Waals surface area contributed by atoms with Gasteiger partial charge in [-0.1, -0.05) is 41.9 Å². The topological polar surface area (TPSA) is 59.6 Å². The van der Waals surface area contributed by atoms with Crippen molar-refractivity contribution < 1.29 is 0 Å². The van der Waals surface area contributed by atoms with Gasteiger partial charge in [0.1, 0.15) is 5.15 Å². The number of nitrogens with one attached hydrogen (secondary N) is 1. The molecule has 0 aliphatic carbocycles. The molecule has 0 aliphatic heterocycles. The number of hydrogen-bond donors (Lipinski definition) is 1. The minimum atomic E-state index is 0.351. The number of fused-ring (bicyclic) bond motifs is 3. The molecule has 88 valence electrons. The van der Waals surface area contributed by atoms with Gasteiger partial charge in [-0.2, -0.15) is 0 Å². The van der Waals surface area contributed by atoms with E-state index in [0.29, 0.717) is 10.8 Å². The fourth-order valence-electron chi connectivity index (χ4n) is 2.12. The third-order valence-corrected chi connectivity index (χ3v) is 3.03. The fourth-order valence-corrected chi connectivity index (χ4v) is 2.32. The van der Waals surface area contributed by atoms with Gasteiger partial charge in [0, 0.05) is 5.39 Å². The van der Waals surface area contributed by atoms with Gasteiger partial charge in [0.25, 0.3) is 0 Å². The number of halogens is 1. The molecule has 0 radical (unpaired) electrons. The maximum atomic E-state index is 8.69. The van der Waals surface area contributed by atoms with Crippen LogP contribution in [0.15, 0.2) is 47.7 Å². The number of benzene rings is 2. The number of aromatic nitrogens is 1. The Kier molecular flexibility index (Phi) is 2.57. The summed E-state index contributed by atoms with van der Waals surface area (Å²) in [6.07, 6.45) is 0. The molecule has 5 heteroatoms. The summed E-state index contributed by atoms with van der Waals surface area (Å²) in [5, 5.41) is 6.33. The Morgan fingerprint density at radius 3 is 2.83 bits per heavy atom. The molecular formula is C13H8ClN4-. The summed E-state index contributed by atoms with van der Waals surface area (Å²) in [4.78, 5) is 4.27. The highest BCUT2D eigenvalue weighted by Gasteiger charge is 2.05. The molecule has 1 N–H and O–H groups in total. The highest BCUT2D eigenvalue weighted by atomic mass is 35.5. The molecular weight excluding hydrogens is 248 g/mol. The maximum absolute atomic E-state index is 8.69. The second-order valence-electron chi connectivity index (χ2n) is 3.89. The van der Waals surface area contributed by atoms with Crippen LogP contribution in [0.5, 0.6) is 0 Å². The van der Waals surface area contributed by atoms with Crippen LogP contribution in [0.25, 0.3) is 27.2 Å². The van der Waals surface area contributed by atoms with Crippen LogP contribution in [0.3, 0.4) is 0 Å². The van der Waals surface area contributed by atoms with Gasteiger partial charge in [-0.15, -0.1) is 0 Å². The van der Waals surface area contributed by atoms with E-state index in [1.54, 1.807) is 6.07 Å². The summed E-state index contributed by atoms with van der Waals surface area (Å²) in [5.41, 5.74) is 12.6. The minimum absolute atomic E-state index is 0.351. The molecule has 0 saturated heterocycles. The van der Waals surface area contributed by atoms with Crippen molar-refractivity contribution in [1.82, 2.24) is 4.98 Å². The molecule has 3 rings (SSSR count). The predicted molar refractivity (Wildman–Crippen MR) is 73.7 cm³/mol.